The monoisotopic (exact) mass is 131 g/mol. The fraction of sp³-hybridized carbons (Fsp3) is 1.00. The molecule has 0 aromatic heterocycles. The number of hydrogen-bond donors (Lipinski definition) is 1. The van der Waals surface area contributed by atoms with Gasteiger partial charge in [0.25, 0.3) is 0 Å². The van der Waals surface area contributed by atoms with Crippen LogP contribution in [0.15, 0.2) is 0 Å². The average Bonchev–Trinajstić information content (AvgIpc) is 1.76. The van der Waals surface area contributed by atoms with Gasteiger partial charge in [0, 0.05) is 6.54 Å². The highest BCUT2D eigenvalue weighted by molar-refractivity contribution is 4.71. The molecule has 0 radical (unpaired) electrons. The zero-order chi connectivity index (χ0) is 6.53. The minimum absolute atomic E-state index is 0.229. The van der Waals surface area contributed by atoms with Crippen molar-refractivity contribution in [2.75, 3.05) is 19.8 Å². The Morgan fingerprint density at radius 3 is 2.67 bits per heavy atom. The van der Waals surface area contributed by atoms with Crippen molar-refractivity contribution < 1.29 is 4.39 Å². The molecule has 0 unspecified atom stereocenters. The smallest absolute Gasteiger partial charge is 0.102 e. The number of hydrogen-bond acceptors (Lipinski definition) is 1. The molecule has 1 aliphatic carbocycles. The van der Waals surface area contributed by atoms with Crippen molar-refractivity contribution in [2.45, 2.75) is 19.3 Å². The molecule has 1 rings (SSSR count). The molecule has 1 N–H and O–H groups in total. The van der Waals surface area contributed by atoms with Crippen molar-refractivity contribution in [1.29, 1.82) is 0 Å². The Balaban J connectivity index is 1.80. The standard InChI is InChI=1S/C7H14FN/c8-4-5-9-6-7-2-1-3-7/h7,9H,1-6H2. The van der Waals surface area contributed by atoms with Gasteiger partial charge in [0.1, 0.15) is 6.67 Å². The molecule has 2 heteroatoms. The van der Waals surface area contributed by atoms with Crippen LogP contribution in [0.2, 0.25) is 0 Å². The summed E-state index contributed by atoms with van der Waals surface area (Å²) in [6.07, 6.45) is 4.07. The number of halogens is 1. The second-order valence-electron chi connectivity index (χ2n) is 2.69. The van der Waals surface area contributed by atoms with Gasteiger partial charge in [-0.25, -0.2) is 4.39 Å². The zero-order valence-electron chi connectivity index (χ0n) is 5.70. The van der Waals surface area contributed by atoms with Gasteiger partial charge in [-0.05, 0) is 25.3 Å². The number of alkyl halides is 1. The minimum atomic E-state index is -0.229. The molecule has 0 atom stereocenters. The average molecular weight is 131 g/mol. The summed E-state index contributed by atoms with van der Waals surface area (Å²) in [5.41, 5.74) is 0. The van der Waals surface area contributed by atoms with E-state index in [1.807, 2.05) is 0 Å². The third-order valence-electron chi connectivity index (χ3n) is 1.93. The molecule has 1 saturated carbocycles. The topological polar surface area (TPSA) is 12.0 Å². The number of nitrogens with one attached hydrogen (secondary N) is 1. The van der Waals surface area contributed by atoms with Gasteiger partial charge in [-0.15, -0.1) is 0 Å². The molecule has 1 nitrogen and oxygen atoms in total. The van der Waals surface area contributed by atoms with Crippen LogP contribution in [0.25, 0.3) is 0 Å². The summed E-state index contributed by atoms with van der Waals surface area (Å²) in [5.74, 6) is 0.858. The van der Waals surface area contributed by atoms with Crippen LogP contribution in [-0.2, 0) is 0 Å². The first-order chi connectivity index (χ1) is 4.43. The van der Waals surface area contributed by atoms with Crippen LogP contribution in [0.1, 0.15) is 19.3 Å². The van der Waals surface area contributed by atoms with Crippen LogP contribution in [0.4, 0.5) is 4.39 Å². The molecule has 0 spiro atoms. The van der Waals surface area contributed by atoms with Gasteiger partial charge in [0.15, 0.2) is 0 Å². The maximum absolute atomic E-state index is 11.5. The molecular weight excluding hydrogens is 117 g/mol. The Hall–Kier alpha value is -0.110. The second-order valence-corrected chi connectivity index (χ2v) is 2.69. The Labute approximate surface area is 55.6 Å². The molecule has 0 aromatic carbocycles. The van der Waals surface area contributed by atoms with Gasteiger partial charge in [0.05, 0.1) is 0 Å². The summed E-state index contributed by atoms with van der Waals surface area (Å²) in [6.45, 7) is 1.34. The Morgan fingerprint density at radius 2 is 2.22 bits per heavy atom. The van der Waals surface area contributed by atoms with Crippen molar-refractivity contribution in [1.82, 2.24) is 5.32 Å². The molecule has 0 heterocycles. The summed E-state index contributed by atoms with van der Waals surface area (Å²) >= 11 is 0. The summed E-state index contributed by atoms with van der Waals surface area (Å²) in [7, 11) is 0. The number of rotatable bonds is 4. The lowest BCUT2D eigenvalue weighted by atomic mass is 9.85. The van der Waals surface area contributed by atoms with E-state index in [4.69, 9.17) is 0 Å². The van der Waals surface area contributed by atoms with E-state index in [1.54, 1.807) is 0 Å². The molecule has 0 bridgehead atoms. The molecule has 1 aliphatic rings. The third-order valence-corrected chi connectivity index (χ3v) is 1.93. The molecule has 1 fully saturated rings. The first kappa shape index (κ1) is 7.00. The lowest BCUT2D eigenvalue weighted by Crippen LogP contribution is -2.28. The predicted octanol–water partition coefficient (Wildman–Crippen LogP) is 1.35. The van der Waals surface area contributed by atoms with Crippen LogP contribution in [0.5, 0.6) is 0 Å². The molecular formula is C7H14FN. The summed E-state index contributed by atoms with van der Waals surface area (Å²) in [5, 5.41) is 3.06. The van der Waals surface area contributed by atoms with Gasteiger partial charge < -0.3 is 5.32 Å². The quantitative estimate of drug-likeness (QED) is 0.568. The van der Waals surface area contributed by atoms with Crippen molar-refractivity contribution in [2.24, 2.45) is 5.92 Å². The fourth-order valence-electron chi connectivity index (χ4n) is 1.07. The van der Waals surface area contributed by atoms with Crippen molar-refractivity contribution in [3.05, 3.63) is 0 Å². The van der Waals surface area contributed by atoms with Gasteiger partial charge >= 0.3 is 0 Å². The highest BCUT2D eigenvalue weighted by Crippen LogP contribution is 2.24. The Kier molecular flexibility index (Phi) is 2.98. The lowest BCUT2D eigenvalue weighted by Gasteiger charge is -2.25. The molecule has 0 aromatic rings. The normalized spacial score (nSPS) is 19.7. The van der Waals surface area contributed by atoms with Crippen molar-refractivity contribution >= 4 is 0 Å². The van der Waals surface area contributed by atoms with Gasteiger partial charge in [-0.2, -0.15) is 0 Å². The van der Waals surface area contributed by atoms with E-state index in [9.17, 15) is 4.39 Å². The Morgan fingerprint density at radius 1 is 1.44 bits per heavy atom. The molecule has 9 heavy (non-hydrogen) atoms. The van der Waals surface area contributed by atoms with Gasteiger partial charge in [-0.3, -0.25) is 0 Å². The molecule has 0 saturated heterocycles. The Bertz CT molecular complexity index is 71.3. The maximum Gasteiger partial charge on any atom is 0.102 e. The summed E-state index contributed by atoms with van der Waals surface area (Å²) in [4.78, 5) is 0. The van der Waals surface area contributed by atoms with E-state index in [1.165, 1.54) is 19.3 Å². The van der Waals surface area contributed by atoms with Crippen LogP contribution in [0.3, 0.4) is 0 Å². The summed E-state index contributed by atoms with van der Waals surface area (Å²) in [6, 6.07) is 0. The second kappa shape index (κ2) is 3.83. The molecule has 0 amide bonds. The summed E-state index contributed by atoms with van der Waals surface area (Å²) < 4.78 is 11.5. The highest BCUT2D eigenvalue weighted by Gasteiger charge is 2.15. The fourth-order valence-corrected chi connectivity index (χ4v) is 1.07. The lowest BCUT2D eigenvalue weighted by molar-refractivity contribution is 0.297. The van der Waals surface area contributed by atoms with Crippen LogP contribution < -0.4 is 5.32 Å². The first-order valence-corrected chi connectivity index (χ1v) is 3.70. The van der Waals surface area contributed by atoms with E-state index >= 15 is 0 Å². The first-order valence-electron chi connectivity index (χ1n) is 3.70. The van der Waals surface area contributed by atoms with E-state index in [0.717, 1.165) is 12.5 Å². The van der Waals surface area contributed by atoms with E-state index in [0.29, 0.717) is 6.54 Å². The molecule has 54 valence electrons. The zero-order valence-corrected chi connectivity index (χ0v) is 5.70. The van der Waals surface area contributed by atoms with E-state index < -0.39 is 0 Å². The van der Waals surface area contributed by atoms with Crippen molar-refractivity contribution in [3.8, 4) is 0 Å². The van der Waals surface area contributed by atoms with Crippen LogP contribution in [0, 0.1) is 5.92 Å². The van der Waals surface area contributed by atoms with E-state index in [-0.39, 0.29) is 6.67 Å². The van der Waals surface area contributed by atoms with E-state index in [2.05, 4.69) is 5.32 Å². The van der Waals surface area contributed by atoms with Crippen LogP contribution >= 0.6 is 0 Å². The SMILES string of the molecule is FCCNCC1CCC1. The van der Waals surface area contributed by atoms with Gasteiger partial charge in [-0.1, -0.05) is 6.42 Å². The van der Waals surface area contributed by atoms with Crippen LogP contribution in [-0.4, -0.2) is 19.8 Å². The molecule has 0 aliphatic heterocycles. The van der Waals surface area contributed by atoms with Crippen molar-refractivity contribution in [3.63, 3.8) is 0 Å². The minimum Gasteiger partial charge on any atom is -0.314 e. The predicted molar refractivity (Wildman–Crippen MR) is 36.2 cm³/mol. The highest BCUT2D eigenvalue weighted by atomic mass is 19.1. The van der Waals surface area contributed by atoms with Gasteiger partial charge in [0.2, 0.25) is 0 Å². The third kappa shape index (κ3) is 2.31. The largest absolute Gasteiger partial charge is 0.314 e. The maximum atomic E-state index is 11.5.